The summed E-state index contributed by atoms with van der Waals surface area (Å²) >= 11 is 0. The predicted octanol–water partition coefficient (Wildman–Crippen LogP) is 2.30. The zero-order valence-corrected chi connectivity index (χ0v) is 10.7. The number of nitrogens with zero attached hydrogens (tertiary/aromatic N) is 1. The smallest absolute Gasteiger partial charge is 0.232 e. The largest absolute Gasteiger partial charge is 0.381 e. The monoisotopic (exact) mass is 233 g/mol. The summed E-state index contributed by atoms with van der Waals surface area (Å²) in [7, 11) is 1.85. The van der Waals surface area contributed by atoms with Gasteiger partial charge in [0, 0.05) is 19.3 Å². The van der Waals surface area contributed by atoms with E-state index in [1.165, 1.54) is 11.1 Å². The molecule has 1 unspecified atom stereocenters. The van der Waals surface area contributed by atoms with Crippen LogP contribution < -0.4 is 4.90 Å². The first kappa shape index (κ1) is 12.1. The highest BCUT2D eigenvalue weighted by Gasteiger charge is 2.27. The van der Waals surface area contributed by atoms with Crippen molar-refractivity contribution in [3.63, 3.8) is 0 Å². The van der Waals surface area contributed by atoms with Crippen LogP contribution in [-0.2, 0) is 9.53 Å². The third-order valence-electron chi connectivity index (χ3n) is 3.55. The molecule has 1 aromatic carbocycles. The zero-order chi connectivity index (χ0) is 12.4. The molecule has 0 spiro atoms. The highest BCUT2D eigenvalue weighted by atomic mass is 16.5. The van der Waals surface area contributed by atoms with E-state index in [2.05, 4.69) is 19.9 Å². The van der Waals surface area contributed by atoms with Crippen LogP contribution >= 0.6 is 0 Å². The van der Waals surface area contributed by atoms with Gasteiger partial charge in [0.15, 0.2) is 0 Å². The topological polar surface area (TPSA) is 29.5 Å². The molecule has 0 radical (unpaired) electrons. The van der Waals surface area contributed by atoms with Crippen LogP contribution in [0.5, 0.6) is 0 Å². The van der Waals surface area contributed by atoms with Crippen molar-refractivity contribution in [2.45, 2.75) is 20.3 Å². The van der Waals surface area contributed by atoms with E-state index in [9.17, 15) is 4.79 Å². The minimum Gasteiger partial charge on any atom is -0.381 e. The van der Waals surface area contributed by atoms with Gasteiger partial charge < -0.3 is 9.64 Å². The first-order valence-corrected chi connectivity index (χ1v) is 6.03. The maximum atomic E-state index is 12.3. The number of carbonyl (C=O) groups is 1. The molecule has 3 nitrogen and oxygen atoms in total. The molecule has 0 bridgehead atoms. The molecule has 2 rings (SSSR count). The van der Waals surface area contributed by atoms with Gasteiger partial charge >= 0.3 is 0 Å². The number of hydrogen-bond acceptors (Lipinski definition) is 2. The fourth-order valence-corrected chi connectivity index (χ4v) is 2.22. The summed E-state index contributed by atoms with van der Waals surface area (Å²) < 4.78 is 5.27. The SMILES string of the molecule is Cc1cccc(N(C)C(=O)C2CCOC2)c1C. The van der Waals surface area contributed by atoms with Gasteiger partial charge in [0.25, 0.3) is 0 Å². The van der Waals surface area contributed by atoms with E-state index in [1.807, 2.05) is 19.2 Å². The Bertz CT molecular complexity index is 422. The lowest BCUT2D eigenvalue weighted by molar-refractivity contribution is -0.122. The maximum Gasteiger partial charge on any atom is 0.232 e. The Balaban J connectivity index is 2.21. The fraction of sp³-hybridized carbons (Fsp3) is 0.500. The second-order valence-electron chi connectivity index (χ2n) is 4.68. The average molecular weight is 233 g/mol. The second kappa shape index (κ2) is 4.88. The number of hydrogen-bond donors (Lipinski definition) is 0. The molecule has 0 N–H and O–H groups in total. The number of amides is 1. The van der Waals surface area contributed by atoms with E-state index in [1.54, 1.807) is 4.90 Å². The van der Waals surface area contributed by atoms with Crippen LogP contribution in [0.4, 0.5) is 5.69 Å². The van der Waals surface area contributed by atoms with Crippen molar-refractivity contribution >= 4 is 11.6 Å². The normalized spacial score (nSPS) is 19.4. The lowest BCUT2D eigenvalue weighted by Gasteiger charge is -2.23. The molecule has 0 aromatic heterocycles. The van der Waals surface area contributed by atoms with Crippen molar-refractivity contribution in [3.8, 4) is 0 Å². The van der Waals surface area contributed by atoms with E-state index >= 15 is 0 Å². The average Bonchev–Trinajstić information content (AvgIpc) is 2.84. The lowest BCUT2D eigenvalue weighted by atomic mass is 10.0. The fourth-order valence-electron chi connectivity index (χ4n) is 2.22. The van der Waals surface area contributed by atoms with E-state index in [-0.39, 0.29) is 11.8 Å². The standard InChI is InChI=1S/C14H19NO2/c1-10-5-4-6-13(11(10)2)15(3)14(16)12-7-8-17-9-12/h4-6,12H,7-9H2,1-3H3. The summed E-state index contributed by atoms with van der Waals surface area (Å²) in [5.41, 5.74) is 3.38. The van der Waals surface area contributed by atoms with Gasteiger partial charge in [-0.25, -0.2) is 0 Å². The van der Waals surface area contributed by atoms with Gasteiger partial charge in [-0.3, -0.25) is 4.79 Å². The van der Waals surface area contributed by atoms with E-state index in [0.29, 0.717) is 13.2 Å². The molecule has 1 atom stereocenters. The number of carbonyl (C=O) groups excluding carboxylic acids is 1. The highest BCUT2D eigenvalue weighted by molar-refractivity contribution is 5.95. The molecule has 92 valence electrons. The first-order valence-electron chi connectivity index (χ1n) is 6.03. The molecule has 17 heavy (non-hydrogen) atoms. The van der Waals surface area contributed by atoms with Gasteiger partial charge in [0.05, 0.1) is 12.5 Å². The quantitative estimate of drug-likeness (QED) is 0.784. The van der Waals surface area contributed by atoms with Crippen molar-refractivity contribution < 1.29 is 9.53 Å². The summed E-state index contributed by atoms with van der Waals surface area (Å²) in [6.07, 6.45) is 0.841. The Morgan fingerprint density at radius 1 is 1.41 bits per heavy atom. The van der Waals surface area contributed by atoms with Gasteiger partial charge in [-0.2, -0.15) is 0 Å². The van der Waals surface area contributed by atoms with Crippen LogP contribution in [0.1, 0.15) is 17.5 Å². The summed E-state index contributed by atoms with van der Waals surface area (Å²) in [5, 5.41) is 0. The van der Waals surface area contributed by atoms with Gasteiger partial charge in [0.2, 0.25) is 5.91 Å². The minimum absolute atomic E-state index is 0.0277. The zero-order valence-electron chi connectivity index (χ0n) is 10.7. The molecule has 1 amide bonds. The summed E-state index contributed by atoms with van der Waals surface area (Å²) in [5.74, 6) is 0.191. The molecule has 3 heteroatoms. The molecule has 1 fully saturated rings. The Labute approximate surface area is 102 Å². The van der Waals surface area contributed by atoms with Crippen molar-refractivity contribution in [2.24, 2.45) is 5.92 Å². The molecule has 0 saturated carbocycles. The van der Waals surface area contributed by atoms with Crippen LogP contribution in [0.25, 0.3) is 0 Å². The van der Waals surface area contributed by atoms with Crippen LogP contribution in [0.2, 0.25) is 0 Å². The Morgan fingerprint density at radius 2 is 2.18 bits per heavy atom. The molecule has 1 aliphatic rings. The number of ether oxygens (including phenoxy) is 1. The second-order valence-corrected chi connectivity index (χ2v) is 4.68. The number of aryl methyl sites for hydroxylation is 1. The Morgan fingerprint density at radius 3 is 2.82 bits per heavy atom. The van der Waals surface area contributed by atoms with Crippen molar-refractivity contribution in [3.05, 3.63) is 29.3 Å². The number of benzene rings is 1. The van der Waals surface area contributed by atoms with E-state index in [4.69, 9.17) is 4.74 Å². The summed E-state index contributed by atoms with van der Waals surface area (Å²) in [6, 6.07) is 6.05. The molecule has 1 saturated heterocycles. The molecular formula is C14H19NO2. The lowest BCUT2D eigenvalue weighted by Crippen LogP contribution is -2.33. The third-order valence-corrected chi connectivity index (χ3v) is 3.55. The van der Waals surface area contributed by atoms with Gasteiger partial charge in [0.1, 0.15) is 0 Å². The molecule has 0 aliphatic carbocycles. The van der Waals surface area contributed by atoms with Gasteiger partial charge in [-0.05, 0) is 37.5 Å². The van der Waals surface area contributed by atoms with E-state index < -0.39 is 0 Å². The Kier molecular flexibility index (Phi) is 3.48. The van der Waals surface area contributed by atoms with Crippen molar-refractivity contribution in [1.82, 2.24) is 0 Å². The number of rotatable bonds is 2. The number of anilines is 1. The van der Waals surface area contributed by atoms with Gasteiger partial charge in [-0.1, -0.05) is 12.1 Å². The van der Waals surface area contributed by atoms with Crippen LogP contribution in [0.3, 0.4) is 0 Å². The third kappa shape index (κ3) is 2.34. The highest BCUT2D eigenvalue weighted by Crippen LogP contribution is 2.24. The first-order chi connectivity index (χ1) is 8.11. The minimum atomic E-state index is 0.0277. The van der Waals surface area contributed by atoms with Crippen molar-refractivity contribution in [1.29, 1.82) is 0 Å². The molecule has 1 aliphatic heterocycles. The molecule has 1 heterocycles. The molecule has 1 aromatic rings. The van der Waals surface area contributed by atoms with Gasteiger partial charge in [-0.15, -0.1) is 0 Å². The van der Waals surface area contributed by atoms with E-state index in [0.717, 1.165) is 12.1 Å². The summed E-state index contributed by atoms with van der Waals surface area (Å²) in [6.45, 7) is 5.39. The Hall–Kier alpha value is -1.35. The summed E-state index contributed by atoms with van der Waals surface area (Å²) in [4.78, 5) is 14.0. The van der Waals surface area contributed by atoms with Crippen molar-refractivity contribution in [2.75, 3.05) is 25.2 Å². The van der Waals surface area contributed by atoms with Crippen LogP contribution in [0, 0.1) is 19.8 Å². The van der Waals surface area contributed by atoms with Crippen LogP contribution in [-0.4, -0.2) is 26.2 Å². The van der Waals surface area contributed by atoms with Crippen LogP contribution in [0.15, 0.2) is 18.2 Å². The maximum absolute atomic E-state index is 12.3. The predicted molar refractivity (Wildman–Crippen MR) is 68.3 cm³/mol. The molecular weight excluding hydrogens is 214 g/mol.